The highest BCUT2D eigenvalue weighted by Crippen LogP contribution is 2.31. The first kappa shape index (κ1) is 15.3. The van der Waals surface area contributed by atoms with Gasteiger partial charge in [-0.3, -0.25) is 0 Å². The Hall–Kier alpha value is -1.13. The van der Waals surface area contributed by atoms with Gasteiger partial charge in [-0.2, -0.15) is 0 Å². The number of anilines is 1. The number of carbonyl (C=O) groups excluding carboxylic acids is 1. The summed E-state index contributed by atoms with van der Waals surface area (Å²) in [6.07, 6.45) is 1.78. The van der Waals surface area contributed by atoms with E-state index in [4.69, 9.17) is 23.2 Å². The molecule has 1 fully saturated rings. The fraction of sp³-hybridized carbons (Fsp3) is 0.500. The molecule has 110 valence electrons. The lowest BCUT2D eigenvalue weighted by Crippen LogP contribution is -2.46. The second kappa shape index (κ2) is 6.55. The average molecular weight is 316 g/mol. The van der Waals surface area contributed by atoms with Crippen LogP contribution in [0.5, 0.6) is 0 Å². The fourth-order valence-electron chi connectivity index (χ4n) is 2.34. The van der Waals surface area contributed by atoms with Crippen LogP contribution in [-0.2, 0) is 0 Å². The number of hydrogen-bond acceptors (Lipinski definition) is 2. The minimum absolute atomic E-state index is 0.0687. The van der Waals surface area contributed by atoms with E-state index < -0.39 is 0 Å². The number of para-hydroxylation sites is 1. The summed E-state index contributed by atoms with van der Waals surface area (Å²) in [5.74, 6) is 0. The van der Waals surface area contributed by atoms with Crippen LogP contribution in [0.25, 0.3) is 0 Å². The molecule has 1 N–H and O–H groups in total. The molecule has 2 amide bonds. The Morgan fingerprint density at radius 3 is 2.30 bits per heavy atom. The molecule has 0 saturated carbocycles. The number of carbonyl (C=O) groups is 1. The quantitative estimate of drug-likeness (QED) is 0.906. The number of urea groups is 1. The highest BCUT2D eigenvalue weighted by molar-refractivity contribution is 6.39. The van der Waals surface area contributed by atoms with Crippen LogP contribution >= 0.6 is 23.2 Å². The summed E-state index contributed by atoms with van der Waals surface area (Å²) in [6.45, 7) is 1.49. The van der Waals surface area contributed by atoms with Gasteiger partial charge in [0.15, 0.2) is 0 Å². The zero-order valence-corrected chi connectivity index (χ0v) is 13.2. The molecule has 1 aromatic rings. The molecule has 0 radical (unpaired) electrons. The first-order valence-electron chi connectivity index (χ1n) is 6.66. The zero-order chi connectivity index (χ0) is 14.7. The molecule has 0 bridgehead atoms. The lowest BCUT2D eigenvalue weighted by molar-refractivity contribution is 0.158. The van der Waals surface area contributed by atoms with E-state index in [1.165, 1.54) is 0 Å². The molecule has 1 aliphatic rings. The van der Waals surface area contributed by atoms with E-state index >= 15 is 0 Å². The van der Waals surface area contributed by atoms with E-state index in [-0.39, 0.29) is 6.03 Å². The first-order chi connectivity index (χ1) is 9.49. The Labute approximate surface area is 129 Å². The molecule has 2 rings (SSSR count). The molecule has 4 nitrogen and oxygen atoms in total. The summed E-state index contributed by atoms with van der Waals surface area (Å²) in [5, 5.41) is 4.65. The van der Waals surface area contributed by atoms with Crippen molar-refractivity contribution in [3.8, 4) is 0 Å². The monoisotopic (exact) mass is 315 g/mol. The van der Waals surface area contributed by atoms with Crippen molar-refractivity contribution < 1.29 is 4.79 Å². The summed E-state index contributed by atoms with van der Waals surface area (Å²) in [7, 11) is 3.55. The Morgan fingerprint density at radius 2 is 1.80 bits per heavy atom. The Balaban J connectivity index is 1.93. The number of likely N-dealkylation sites (tertiary alicyclic amines) is 1. The van der Waals surface area contributed by atoms with Gasteiger partial charge in [0.2, 0.25) is 0 Å². The molecule has 1 aliphatic heterocycles. The predicted molar refractivity (Wildman–Crippen MR) is 83.8 cm³/mol. The van der Waals surface area contributed by atoms with Crippen molar-refractivity contribution in [2.75, 3.05) is 32.5 Å². The van der Waals surface area contributed by atoms with Gasteiger partial charge in [0.25, 0.3) is 0 Å². The molecule has 1 saturated heterocycles. The predicted octanol–water partition coefficient (Wildman–Crippen LogP) is 3.55. The molecular formula is C14H19Cl2N3O. The lowest BCUT2D eigenvalue weighted by atomic mass is 10.0. The highest BCUT2D eigenvalue weighted by Gasteiger charge is 2.24. The maximum Gasteiger partial charge on any atom is 0.319 e. The minimum Gasteiger partial charge on any atom is -0.380 e. The Bertz CT molecular complexity index is 465. The highest BCUT2D eigenvalue weighted by atomic mass is 35.5. The van der Waals surface area contributed by atoms with Gasteiger partial charge in [-0.1, -0.05) is 29.3 Å². The topological polar surface area (TPSA) is 35.6 Å². The standard InChI is InChI=1S/C14H19Cl2N3O/c1-18(2)14(20)19-8-6-10(7-9-19)17-13-11(15)4-3-5-12(13)16/h3-5,10,17H,6-9H2,1-2H3. The van der Waals surface area contributed by atoms with E-state index in [1.54, 1.807) is 19.0 Å². The Kier molecular flexibility index (Phi) is 5.00. The first-order valence-corrected chi connectivity index (χ1v) is 7.41. The maximum atomic E-state index is 11.9. The van der Waals surface area contributed by atoms with E-state index in [0.29, 0.717) is 16.1 Å². The average Bonchev–Trinajstić information content (AvgIpc) is 2.43. The van der Waals surface area contributed by atoms with Crippen molar-refractivity contribution in [2.45, 2.75) is 18.9 Å². The van der Waals surface area contributed by atoms with Crippen molar-refractivity contribution in [3.63, 3.8) is 0 Å². The number of rotatable bonds is 2. The maximum absolute atomic E-state index is 11.9. The van der Waals surface area contributed by atoms with Crippen molar-refractivity contribution >= 4 is 34.9 Å². The van der Waals surface area contributed by atoms with Gasteiger partial charge in [-0.25, -0.2) is 4.79 Å². The van der Waals surface area contributed by atoms with Gasteiger partial charge in [0, 0.05) is 33.2 Å². The fourth-order valence-corrected chi connectivity index (χ4v) is 2.84. The second-order valence-corrected chi connectivity index (χ2v) is 5.99. The molecule has 1 heterocycles. The van der Waals surface area contributed by atoms with Gasteiger partial charge in [0.1, 0.15) is 0 Å². The number of nitrogens with zero attached hydrogens (tertiary/aromatic N) is 2. The number of halogens is 2. The van der Waals surface area contributed by atoms with Gasteiger partial charge in [-0.15, -0.1) is 0 Å². The van der Waals surface area contributed by atoms with Gasteiger partial charge in [-0.05, 0) is 25.0 Å². The van der Waals surface area contributed by atoms with E-state index in [9.17, 15) is 4.79 Å². The number of amides is 2. The summed E-state index contributed by atoms with van der Waals surface area (Å²) in [5.41, 5.74) is 0.785. The molecule has 20 heavy (non-hydrogen) atoms. The third kappa shape index (κ3) is 3.49. The molecule has 0 unspecified atom stereocenters. The van der Waals surface area contributed by atoms with Crippen LogP contribution < -0.4 is 5.32 Å². The number of hydrogen-bond donors (Lipinski definition) is 1. The molecule has 0 aliphatic carbocycles. The summed E-state index contributed by atoms with van der Waals surface area (Å²) in [4.78, 5) is 15.3. The smallest absolute Gasteiger partial charge is 0.319 e. The van der Waals surface area contributed by atoms with Crippen LogP contribution in [0.1, 0.15) is 12.8 Å². The normalized spacial score (nSPS) is 16.1. The van der Waals surface area contributed by atoms with Crippen LogP contribution in [0, 0.1) is 0 Å². The van der Waals surface area contributed by atoms with Crippen LogP contribution in [0.15, 0.2) is 18.2 Å². The number of piperidine rings is 1. The van der Waals surface area contributed by atoms with E-state index in [0.717, 1.165) is 31.6 Å². The SMILES string of the molecule is CN(C)C(=O)N1CCC(Nc2c(Cl)cccc2Cl)CC1. The van der Waals surface area contributed by atoms with E-state index in [2.05, 4.69) is 5.32 Å². The second-order valence-electron chi connectivity index (χ2n) is 5.18. The number of benzene rings is 1. The van der Waals surface area contributed by atoms with Crippen molar-refractivity contribution in [1.82, 2.24) is 9.80 Å². The van der Waals surface area contributed by atoms with Crippen LogP contribution in [0.3, 0.4) is 0 Å². The van der Waals surface area contributed by atoms with Gasteiger partial charge in [0.05, 0.1) is 15.7 Å². The summed E-state index contributed by atoms with van der Waals surface area (Å²) in [6, 6.07) is 5.83. The van der Waals surface area contributed by atoms with Gasteiger partial charge >= 0.3 is 6.03 Å². The third-order valence-corrected chi connectivity index (χ3v) is 4.09. The zero-order valence-electron chi connectivity index (χ0n) is 11.7. The molecule has 0 aromatic heterocycles. The largest absolute Gasteiger partial charge is 0.380 e. The van der Waals surface area contributed by atoms with Crippen LogP contribution in [0.4, 0.5) is 10.5 Å². The minimum atomic E-state index is 0.0687. The Morgan fingerprint density at radius 1 is 1.25 bits per heavy atom. The molecule has 0 spiro atoms. The lowest BCUT2D eigenvalue weighted by Gasteiger charge is -2.34. The van der Waals surface area contributed by atoms with Crippen molar-refractivity contribution in [3.05, 3.63) is 28.2 Å². The molecule has 6 heteroatoms. The van der Waals surface area contributed by atoms with Crippen molar-refractivity contribution in [1.29, 1.82) is 0 Å². The molecule has 0 atom stereocenters. The number of nitrogens with one attached hydrogen (secondary N) is 1. The summed E-state index contributed by atoms with van der Waals surface area (Å²) >= 11 is 12.3. The van der Waals surface area contributed by atoms with Crippen molar-refractivity contribution in [2.24, 2.45) is 0 Å². The summed E-state index contributed by atoms with van der Waals surface area (Å²) < 4.78 is 0. The molecular weight excluding hydrogens is 297 g/mol. The van der Waals surface area contributed by atoms with Crippen LogP contribution in [0.2, 0.25) is 10.0 Å². The third-order valence-electron chi connectivity index (χ3n) is 3.46. The van der Waals surface area contributed by atoms with E-state index in [1.807, 2.05) is 23.1 Å². The van der Waals surface area contributed by atoms with Crippen LogP contribution in [-0.4, -0.2) is 49.1 Å². The van der Waals surface area contributed by atoms with Gasteiger partial charge < -0.3 is 15.1 Å². The molecule has 1 aromatic carbocycles.